The lowest BCUT2D eigenvalue weighted by Crippen LogP contribution is -2.65. The Morgan fingerprint density at radius 1 is 1.22 bits per heavy atom. The van der Waals surface area contributed by atoms with Crippen molar-refractivity contribution in [3.63, 3.8) is 0 Å². The van der Waals surface area contributed by atoms with Crippen LogP contribution >= 0.6 is 0 Å². The van der Waals surface area contributed by atoms with Gasteiger partial charge in [-0.15, -0.1) is 0 Å². The predicted molar refractivity (Wildman–Crippen MR) is 57.4 cm³/mol. The average Bonchev–Trinajstić information content (AvgIpc) is 2.38. The Kier molecular flexibility index (Phi) is 5.44. The number of hydrogen-bond acceptors (Lipinski definition) is 8. The van der Waals surface area contributed by atoms with Crippen molar-refractivity contribution in [2.75, 3.05) is 19.8 Å². The second-order valence-electron chi connectivity index (χ2n) is 4.43. The molecule has 1 aliphatic rings. The maximum atomic E-state index is 9.78. The molecule has 18 heavy (non-hydrogen) atoms. The van der Waals surface area contributed by atoms with E-state index in [4.69, 9.17) is 24.8 Å². The number of hydrogen-bond donors (Lipinski definition) is 6. The molecule has 108 valence electrons. The van der Waals surface area contributed by atoms with Gasteiger partial charge in [-0.3, -0.25) is 0 Å². The van der Waals surface area contributed by atoms with E-state index in [0.717, 1.165) is 0 Å². The van der Waals surface area contributed by atoms with Gasteiger partial charge in [0.25, 0.3) is 0 Å². The van der Waals surface area contributed by atoms with Gasteiger partial charge >= 0.3 is 0 Å². The molecule has 8 heteroatoms. The zero-order valence-corrected chi connectivity index (χ0v) is 10.0. The topological polar surface area (TPSA) is 140 Å². The molecule has 0 aromatic heterocycles. The maximum Gasteiger partial charge on any atom is 0.194 e. The third-order valence-corrected chi connectivity index (χ3v) is 2.93. The van der Waals surface area contributed by atoms with Gasteiger partial charge in [0.1, 0.15) is 30.5 Å². The van der Waals surface area contributed by atoms with Gasteiger partial charge in [-0.2, -0.15) is 0 Å². The van der Waals surface area contributed by atoms with Crippen LogP contribution in [0.4, 0.5) is 0 Å². The fraction of sp³-hybridized carbons (Fsp3) is 1.00. The first-order chi connectivity index (χ1) is 8.35. The molecule has 1 heterocycles. The molecule has 1 aliphatic heterocycles. The molecule has 0 radical (unpaired) electrons. The van der Waals surface area contributed by atoms with Crippen molar-refractivity contribution >= 4 is 0 Å². The SMILES string of the molecule is CC1(OCC(O)CO)O[C@H](CO)[C@@H](O)[C@H](O)[C@H]1O. The highest BCUT2D eigenvalue weighted by Gasteiger charge is 2.51. The van der Waals surface area contributed by atoms with Crippen molar-refractivity contribution in [3.05, 3.63) is 0 Å². The average molecular weight is 268 g/mol. The second-order valence-corrected chi connectivity index (χ2v) is 4.43. The summed E-state index contributed by atoms with van der Waals surface area (Å²) in [5.74, 6) is -1.69. The smallest absolute Gasteiger partial charge is 0.194 e. The zero-order chi connectivity index (χ0) is 13.9. The highest BCUT2D eigenvalue weighted by molar-refractivity contribution is 4.95. The van der Waals surface area contributed by atoms with E-state index in [1.807, 2.05) is 0 Å². The minimum absolute atomic E-state index is 0.328. The van der Waals surface area contributed by atoms with E-state index in [0.29, 0.717) is 0 Å². The van der Waals surface area contributed by atoms with Crippen LogP contribution in [-0.4, -0.2) is 86.8 Å². The predicted octanol–water partition coefficient (Wildman–Crippen LogP) is -3.45. The first-order valence-corrected chi connectivity index (χ1v) is 5.61. The van der Waals surface area contributed by atoms with Gasteiger partial charge in [0.05, 0.1) is 19.8 Å². The number of ether oxygens (including phenoxy) is 2. The molecule has 2 unspecified atom stereocenters. The van der Waals surface area contributed by atoms with Crippen molar-refractivity contribution in [1.29, 1.82) is 0 Å². The Hall–Kier alpha value is -0.320. The summed E-state index contributed by atoms with van der Waals surface area (Å²) in [5, 5.41) is 55.7. The Bertz CT molecular complexity index is 260. The van der Waals surface area contributed by atoms with Crippen LogP contribution in [0.2, 0.25) is 0 Å². The van der Waals surface area contributed by atoms with Crippen LogP contribution in [0.15, 0.2) is 0 Å². The van der Waals surface area contributed by atoms with Gasteiger partial charge in [0.2, 0.25) is 0 Å². The van der Waals surface area contributed by atoms with Crippen molar-refractivity contribution in [2.45, 2.75) is 43.2 Å². The number of rotatable bonds is 5. The van der Waals surface area contributed by atoms with Crippen LogP contribution in [0, 0.1) is 0 Å². The molecular formula is C10H20O8. The van der Waals surface area contributed by atoms with E-state index in [1.165, 1.54) is 6.92 Å². The molecule has 0 aliphatic carbocycles. The van der Waals surface area contributed by atoms with Crippen LogP contribution in [0.5, 0.6) is 0 Å². The van der Waals surface area contributed by atoms with E-state index in [9.17, 15) is 15.3 Å². The largest absolute Gasteiger partial charge is 0.394 e. The molecule has 0 amide bonds. The lowest BCUT2D eigenvalue weighted by atomic mass is 9.93. The number of aliphatic hydroxyl groups excluding tert-OH is 6. The third-order valence-electron chi connectivity index (χ3n) is 2.93. The van der Waals surface area contributed by atoms with E-state index < -0.39 is 49.5 Å². The summed E-state index contributed by atoms with van der Waals surface area (Å²) in [6.45, 7) is -0.113. The first kappa shape index (κ1) is 15.7. The molecule has 1 fully saturated rings. The monoisotopic (exact) mass is 268 g/mol. The standard InChI is InChI=1S/C10H20O8/c1-10(17-4-5(13)2-11)9(16)8(15)7(14)6(3-12)18-10/h5-9,11-16H,2-4H2,1H3/t5?,6-,7-,8+,9-,10?/m1/s1. The summed E-state index contributed by atoms with van der Waals surface area (Å²) in [6, 6.07) is 0. The van der Waals surface area contributed by atoms with E-state index in [2.05, 4.69) is 0 Å². The minimum Gasteiger partial charge on any atom is -0.394 e. The summed E-state index contributed by atoms with van der Waals surface area (Å²) in [4.78, 5) is 0. The summed E-state index contributed by atoms with van der Waals surface area (Å²) in [7, 11) is 0. The first-order valence-electron chi connectivity index (χ1n) is 5.61. The van der Waals surface area contributed by atoms with Crippen molar-refractivity contribution in [1.82, 2.24) is 0 Å². The van der Waals surface area contributed by atoms with Crippen LogP contribution in [-0.2, 0) is 9.47 Å². The molecule has 1 rings (SSSR count). The molecule has 0 bridgehead atoms. The van der Waals surface area contributed by atoms with Gasteiger partial charge in [-0.05, 0) is 6.92 Å². The molecular weight excluding hydrogens is 248 g/mol. The molecule has 0 spiro atoms. The fourth-order valence-electron chi connectivity index (χ4n) is 1.74. The lowest BCUT2D eigenvalue weighted by Gasteiger charge is -2.46. The minimum atomic E-state index is -1.69. The molecule has 6 N–H and O–H groups in total. The van der Waals surface area contributed by atoms with Crippen LogP contribution in [0.3, 0.4) is 0 Å². The fourth-order valence-corrected chi connectivity index (χ4v) is 1.74. The Morgan fingerprint density at radius 3 is 2.33 bits per heavy atom. The van der Waals surface area contributed by atoms with Gasteiger partial charge in [0.15, 0.2) is 5.79 Å². The second kappa shape index (κ2) is 6.22. The van der Waals surface area contributed by atoms with E-state index in [-0.39, 0.29) is 6.61 Å². The molecule has 0 aromatic rings. The van der Waals surface area contributed by atoms with Crippen molar-refractivity contribution in [3.8, 4) is 0 Å². The lowest BCUT2D eigenvalue weighted by molar-refractivity contribution is -0.359. The van der Waals surface area contributed by atoms with Gasteiger partial charge < -0.3 is 40.1 Å². The summed E-state index contributed by atoms with van der Waals surface area (Å²) < 4.78 is 10.3. The molecule has 0 aromatic carbocycles. The van der Waals surface area contributed by atoms with Crippen LogP contribution in [0.25, 0.3) is 0 Å². The zero-order valence-electron chi connectivity index (χ0n) is 10.0. The van der Waals surface area contributed by atoms with Gasteiger partial charge in [-0.1, -0.05) is 0 Å². The van der Waals surface area contributed by atoms with Gasteiger partial charge in [-0.25, -0.2) is 0 Å². The van der Waals surface area contributed by atoms with Crippen molar-refractivity contribution < 1.29 is 40.1 Å². The maximum absolute atomic E-state index is 9.78. The Labute approximate surface area is 104 Å². The van der Waals surface area contributed by atoms with Crippen LogP contribution in [0.1, 0.15) is 6.92 Å². The van der Waals surface area contributed by atoms with Gasteiger partial charge in [0, 0.05) is 0 Å². The molecule has 0 saturated carbocycles. The molecule has 6 atom stereocenters. The Morgan fingerprint density at radius 2 is 1.83 bits per heavy atom. The highest BCUT2D eigenvalue weighted by Crippen LogP contribution is 2.30. The normalized spacial score (nSPS) is 42.8. The molecule has 8 nitrogen and oxygen atoms in total. The summed E-state index contributed by atoms with van der Waals surface area (Å²) in [6.07, 6.45) is -6.81. The quantitative estimate of drug-likeness (QED) is 0.302. The Balaban J connectivity index is 2.72. The summed E-state index contributed by atoms with van der Waals surface area (Å²) in [5.41, 5.74) is 0. The number of aliphatic hydroxyl groups is 6. The summed E-state index contributed by atoms with van der Waals surface area (Å²) >= 11 is 0. The molecule has 1 saturated heterocycles. The third kappa shape index (κ3) is 3.16. The van der Waals surface area contributed by atoms with Crippen molar-refractivity contribution in [2.24, 2.45) is 0 Å². The highest BCUT2D eigenvalue weighted by atomic mass is 16.7. The van der Waals surface area contributed by atoms with Crippen LogP contribution < -0.4 is 0 Å². The van der Waals surface area contributed by atoms with E-state index >= 15 is 0 Å². The van der Waals surface area contributed by atoms with E-state index in [1.54, 1.807) is 0 Å².